The average molecular weight is 391 g/mol. The number of hydrogen-bond donors (Lipinski definition) is 2. The number of hydrogen-bond acceptors (Lipinski definition) is 2. The maximum absolute atomic E-state index is 13.6. The molecule has 2 aromatic carbocycles. The summed E-state index contributed by atoms with van der Waals surface area (Å²) in [6.07, 6.45) is 0. The van der Waals surface area contributed by atoms with Crippen LogP contribution in [0.15, 0.2) is 36.4 Å². The summed E-state index contributed by atoms with van der Waals surface area (Å²) in [6, 6.07) is 8.03. The normalized spacial score (nSPS) is 10.5. The molecule has 2 aromatic rings. The van der Waals surface area contributed by atoms with E-state index in [4.69, 9.17) is 23.8 Å². The van der Waals surface area contributed by atoms with Crippen LogP contribution < -0.4 is 10.6 Å². The average Bonchev–Trinajstić information content (AvgIpc) is 2.53. The van der Waals surface area contributed by atoms with Gasteiger partial charge in [0.25, 0.3) is 0 Å². The monoisotopic (exact) mass is 390 g/mol. The summed E-state index contributed by atoms with van der Waals surface area (Å²) in [5.41, 5.74) is 0.837. The minimum Gasteiger partial charge on any atom is -0.362 e. The van der Waals surface area contributed by atoms with Crippen molar-refractivity contribution in [1.29, 1.82) is 0 Å². The maximum atomic E-state index is 13.6. The third-order valence-corrected chi connectivity index (χ3v) is 4.60. The number of benzene rings is 2. The molecule has 0 heterocycles. The minimum absolute atomic E-state index is 0.297. The molecule has 0 bridgehead atoms. The number of halogens is 4. The fourth-order valence-electron chi connectivity index (χ4n) is 1.83. The van der Waals surface area contributed by atoms with Crippen LogP contribution in [0.1, 0.15) is 5.56 Å². The van der Waals surface area contributed by atoms with Crippen LogP contribution in [-0.2, 0) is 5.75 Å². The van der Waals surface area contributed by atoms with E-state index in [1.807, 2.05) is 0 Å². The Kier molecular flexibility index (Phi) is 7.20. The van der Waals surface area contributed by atoms with Crippen LogP contribution in [0.4, 0.5) is 18.9 Å². The molecular weight excluding hydrogens is 377 g/mol. The first-order valence-electron chi connectivity index (χ1n) is 6.98. The Morgan fingerprint density at radius 2 is 1.88 bits per heavy atom. The van der Waals surface area contributed by atoms with Crippen molar-refractivity contribution in [3.63, 3.8) is 0 Å². The Balaban J connectivity index is 1.70. The SMILES string of the molecule is Fc1ccc(NC(=S)NCCSCc2c(F)cccc2Cl)cc1F. The van der Waals surface area contributed by atoms with E-state index in [9.17, 15) is 13.2 Å². The van der Waals surface area contributed by atoms with E-state index in [1.165, 1.54) is 23.9 Å². The van der Waals surface area contributed by atoms with Gasteiger partial charge in [0, 0.05) is 40.4 Å². The van der Waals surface area contributed by atoms with Gasteiger partial charge < -0.3 is 10.6 Å². The molecule has 0 fully saturated rings. The van der Waals surface area contributed by atoms with Gasteiger partial charge in [0.1, 0.15) is 5.82 Å². The molecule has 0 unspecified atom stereocenters. The van der Waals surface area contributed by atoms with Gasteiger partial charge in [-0.15, -0.1) is 0 Å². The summed E-state index contributed by atoms with van der Waals surface area (Å²) in [6.45, 7) is 0.534. The lowest BCUT2D eigenvalue weighted by atomic mass is 10.2. The molecule has 24 heavy (non-hydrogen) atoms. The predicted molar refractivity (Wildman–Crippen MR) is 98.2 cm³/mol. The van der Waals surface area contributed by atoms with Crippen molar-refractivity contribution in [3.05, 3.63) is 64.4 Å². The fourth-order valence-corrected chi connectivity index (χ4v) is 3.25. The molecule has 0 spiro atoms. The number of rotatable bonds is 6. The Bertz CT molecular complexity index is 708. The Labute approximate surface area is 152 Å². The molecule has 0 aliphatic carbocycles. The third-order valence-electron chi connectivity index (χ3n) is 3.02. The van der Waals surface area contributed by atoms with Gasteiger partial charge in [0.05, 0.1) is 0 Å². The van der Waals surface area contributed by atoms with Crippen molar-refractivity contribution < 1.29 is 13.2 Å². The second kappa shape index (κ2) is 9.15. The molecule has 0 aliphatic rings. The molecular formula is C16H14ClF3N2S2. The zero-order valence-corrected chi connectivity index (χ0v) is 14.8. The molecule has 8 heteroatoms. The van der Waals surface area contributed by atoms with Crippen molar-refractivity contribution in [1.82, 2.24) is 5.32 Å². The van der Waals surface area contributed by atoms with Gasteiger partial charge in [-0.2, -0.15) is 11.8 Å². The van der Waals surface area contributed by atoms with Crippen LogP contribution >= 0.6 is 35.6 Å². The molecule has 2 N–H and O–H groups in total. The van der Waals surface area contributed by atoms with Gasteiger partial charge in [0.15, 0.2) is 16.7 Å². The van der Waals surface area contributed by atoms with Crippen molar-refractivity contribution in [2.45, 2.75) is 5.75 Å². The molecule has 2 rings (SSSR count). The van der Waals surface area contributed by atoms with E-state index in [-0.39, 0.29) is 5.82 Å². The molecule has 0 saturated heterocycles. The number of thioether (sulfide) groups is 1. The van der Waals surface area contributed by atoms with Crippen LogP contribution in [0.3, 0.4) is 0 Å². The van der Waals surface area contributed by atoms with Gasteiger partial charge >= 0.3 is 0 Å². The number of thiocarbonyl (C=S) groups is 1. The summed E-state index contributed by atoms with van der Waals surface area (Å²) in [5.74, 6) is -1.05. The standard InChI is InChI=1S/C16H14ClF3N2S2/c17-12-2-1-3-13(18)11(12)9-24-7-6-21-16(23)22-10-4-5-14(19)15(20)8-10/h1-5,8H,6-7,9H2,(H2,21,22,23). The molecule has 0 aliphatic heterocycles. The summed E-state index contributed by atoms with van der Waals surface area (Å²) in [4.78, 5) is 0. The van der Waals surface area contributed by atoms with Crippen molar-refractivity contribution in [2.24, 2.45) is 0 Å². The zero-order valence-electron chi connectivity index (χ0n) is 12.4. The Morgan fingerprint density at radius 1 is 1.08 bits per heavy atom. The van der Waals surface area contributed by atoms with Crippen molar-refractivity contribution in [3.8, 4) is 0 Å². The van der Waals surface area contributed by atoms with E-state index in [1.54, 1.807) is 12.1 Å². The van der Waals surface area contributed by atoms with Crippen molar-refractivity contribution >= 4 is 46.4 Å². The van der Waals surface area contributed by atoms with E-state index < -0.39 is 11.6 Å². The fraction of sp³-hybridized carbons (Fsp3) is 0.188. The number of anilines is 1. The summed E-state index contributed by atoms with van der Waals surface area (Å²) < 4.78 is 39.5. The second-order valence-electron chi connectivity index (χ2n) is 4.76. The highest BCUT2D eigenvalue weighted by molar-refractivity contribution is 7.98. The highest BCUT2D eigenvalue weighted by atomic mass is 35.5. The first-order chi connectivity index (χ1) is 11.5. The van der Waals surface area contributed by atoms with Crippen LogP contribution in [0.2, 0.25) is 5.02 Å². The molecule has 0 saturated carbocycles. The van der Waals surface area contributed by atoms with Crippen LogP contribution in [0, 0.1) is 17.5 Å². The quantitative estimate of drug-likeness (QED) is 0.536. The minimum atomic E-state index is -0.944. The van der Waals surface area contributed by atoms with Crippen LogP contribution in [0.5, 0.6) is 0 Å². The smallest absolute Gasteiger partial charge is 0.170 e. The summed E-state index contributed by atoms with van der Waals surface area (Å²) in [5, 5.41) is 6.40. The Hall–Kier alpha value is -1.44. The van der Waals surface area contributed by atoms with Gasteiger partial charge in [0.2, 0.25) is 0 Å². The lowest BCUT2D eigenvalue weighted by Crippen LogP contribution is -2.30. The molecule has 0 aromatic heterocycles. The highest BCUT2D eigenvalue weighted by Gasteiger charge is 2.07. The first-order valence-corrected chi connectivity index (χ1v) is 8.92. The van der Waals surface area contributed by atoms with E-state index in [2.05, 4.69) is 10.6 Å². The molecule has 128 valence electrons. The van der Waals surface area contributed by atoms with Gasteiger partial charge in [-0.1, -0.05) is 17.7 Å². The third kappa shape index (κ3) is 5.58. The summed E-state index contributed by atoms with van der Waals surface area (Å²) in [7, 11) is 0. The summed E-state index contributed by atoms with van der Waals surface area (Å²) >= 11 is 12.5. The van der Waals surface area contributed by atoms with E-state index >= 15 is 0 Å². The van der Waals surface area contributed by atoms with Gasteiger partial charge in [-0.3, -0.25) is 0 Å². The molecule has 0 atom stereocenters. The molecule has 0 amide bonds. The van der Waals surface area contributed by atoms with Gasteiger partial charge in [-0.25, -0.2) is 13.2 Å². The second-order valence-corrected chi connectivity index (χ2v) is 6.68. The maximum Gasteiger partial charge on any atom is 0.170 e. The Morgan fingerprint density at radius 3 is 2.58 bits per heavy atom. The van der Waals surface area contributed by atoms with Gasteiger partial charge in [-0.05, 0) is 36.5 Å². The van der Waals surface area contributed by atoms with E-state index in [0.717, 1.165) is 12.1 Å². The molecule has 0 radical (unpaired) electrons. The van der Waals surface area contributed by atoms with Crippen LogP contribution in [-0.4, -0.2) is 17.4 Å². The first kappa shape index (κ1) is 18.9. The highest BCUT2D eigenvalue weighted by Crippen LogP contribution is 2.23. The predicted octanol–water partition coefficient (Wildman–Crippen LogP) is 4.98. The van der Waals surface area contributed by atoms with Crippen molar-refractivity contribution in [2.75, 3.05) is 17.6 Å². The molecule has 2 nitrogen and oxygen atoms in total. The van der Waals surface area contributed by atoms with E-state index in [0.29, 0.717) is 39.4 Å². The largest absolute Gasteiger partial charge is 0.362 e. The van der Waals surface area contributed by atoms with Crippen LogP contribution in [0.25, 0.3) is 0 Å². The lowest BCUT2D eigenvalue weighted by Gasteiger charge is -2.11. The topological polar surface area (TPSA) is 24.1 Å². The number of nitrogens with one attached hydrogen (secondary N) is 2. The zero-order chi connectivity index (χ0) is 17.5. The lowest BCUT2D eigenvalue weighted by molar-refractivity contribution is 0.509.